The molecule has 0 aliphatic carbocycles. The Bertz CT molecular complexity index is 993. The molecule has 0 radical (unpaired) electrons. The SMILES string of the molecule is COC(=O)c1ccc(OC)c(Nc2cc(-c3ccccn3)nc(NC(C)C)n2)c1. The summed E-state index contributed by atoms with van der Waals surface area (Å²) in [6.45, 7) is 4.01. The molecular formula is C21H23N5O3. The number of ether oxygens (including phenoxy) is 2. The van der Waals surface area contributed by atoms with E-state index in [4.69, 9.17) is 9.47 Å². The first-order valence-electron chi connectivity index (χ1n) is 9.10. The van der Waals surface area contributed by atoms with Gasteiger partial charge >= 0.3 is 5.97 Å². The van der Waals surface area contributed by atoms with Gasteiger partial charge in [0.1, 0.15) is 11.6 Å². The van der Waals surface area contributed by atoms with Crippen LogP contribution in [0.2, 0.25) is 0 Å². The van der Waals surface area contributed by atoms with Crippen LogP contribution in [0.5, 0.6) is 5.75 Å². The van der Waals surface area contributed by atoms with Gasteiger partial charge in [-0.3, -0.25) is 4.98 Å². The van der Waals surface area contributed by atoms with Gasteiger partial charge in [0.05, 0.1) is 36.9 Å². The number of carbonyl (C=O) groups excluding carboxylic acids is 1. The van der Waals surface area contributed by atoms with Crippen molar-refractivity contribution in [3.63, 3.8) is 0 Å². The maximum absolute atomic E-state index is 11.9. The van der Waals surface area contributed by atoms with E-state index in [1.165, 1.54) is 7.11 Å². The van der Waals surface area contributed by atoms with E-state index in [9.17, 15) is 4.79 Å². The lowest BCUT2D eigenvalue weighted by atomic mass is 10.2. The Morgan fingerprint density at radius 3 is 2.52 bits per heavy atom. The molecule has 2 aromatic heterocycles. The molecule has 3 rings (SSSR count). The molecule has 2 N–H and O–H groups in total. The number of benzene rings is 1. The predicted molar refractivity (Wildman–Crippen MR) is 112 cm³/mol. The molecule has 8 heteroatoms. The van der Waals surface area contributed by atoms with Crippen LogP contribution >= 0.6 is 0 Å². The highest BCUT2D eigenvalue weighted by molar-refractivity contribution is 5.91. The number of hydrogen-bond donors (Lipinski definition) is 2. The predicted octanol–water partition coefficient (Wildman–Crippen LogP) is 3.90. The van der Waals surface area contributed by atoms with Crippen molar-refractivity contribution in [3.8, 4) is 17.1 Å². The summed E-state index contributed by atoms with van der Waals surface area (Å²) in [7, 11) is 2.90. The fraction of sp³-hybridized carbons (Fsp3) is 0.238. The molecule has 29 heavy (non-hydrogen) atoms. The first-order valence-corrected chi connectivity index (χ1v) is 9.10. The minimum atomic E-state index is -0.435. The number of esters is 1. The van der Waals surface area contributed by atoms with Crippen LogP contribution in [0.15, 0.2) is 48.7 Å². The van der Waals surface area contributed by atoms with E-state index in [1.54, 1.807) is 37.6 Å². The van der Waals surface area contributed by atoms with E-state index >= 15 is 0 Å². The monoisotopic (exact) mass is 393 g/mol. The van der Waals surface area contributed by atoms with Crippen LogP contribution in [0.25, 0.3) is 11.4 Å². The molecule has 0 saturated carbocycles. The number of methoxy groups -OCH3 is 2. The second-order valence-corrected chi connectivity index (χ2v) is 6.51. The highest BCUT2D eigenvalue weighted by Crippen LogP contribution is 2.30. The van der Waals surface area contributed by atoms with E-state index < -0.39 is 5.97 Å². The minimum absolute atomic E-state index is 0.152. The number of nitrogens with one attached hydrogen (secondary N) is 2. The van der Waals surface area contributed by atoms with E-state index in [-0.39, 0.29) is 6.04 Å². The number of rotatable bonds is 7. The van der Waals surface area contributed by atoms with Gasteiger partial charge in [0.15, 0.2) is 0 Å². The molecule has 0 atom stereocenters. The first kappa shape index (κ1) is 20.1. The Hall–Kier alpha value is -3.68. The largest absolute Gasteiger partial charge is 0.495 e. The van der Waals surface area contributed by atoms with Crippen LogP contribution in [-0.2, 0) is 4.74 Å². The van der Waals surface area contributed by atoms with Gasteiger partial charge in [0.2, 0.25) is 5.95 Å². The van der Waals surface area contributed by atoms with Crippen LogP contribution in [0.1, 0.15) is 24.2 Å². The minimum Gasteiger partial charge on any atom is -0.495 e. The molecule has 3 aromatic rings. The Balaban J connectivity index is 2.03. The van der Waals surface area contributed by atoms with Gasteiger partial charge in [-0.05, 0) is 44.2 Å². The Kier molecular flexibility index (Phi) is 6.23. The lowest BCUT2D eigenvalue weighted by Gasteiger charge is -2.15. The van der Waals surface area contributed by atoms with Crippen LogP contribution in [0.4, 0.5) is 17.5 Å². The number of anilines is 3. The smallest absolute Gasteiger partial charge is 0.337 e. The molecule has 0 unspecified atom stereocenters. The van der Waals surface area contributed by atoms with Gasteiger partial charge in [-0.2, -0.15) is 4.98 Å². The van der Waals surface area contributed by atoms with Crippen molar-refractivity contribution in [1.82, 2.24) is 15.0 Å². The van der Waals surface area contributed by atoms with E-state index in [0.29, 0.717) is 34.5 Å². The second-order valence-electron chi connectivity index (χ2n) is 6.51. The molecule has 0 saturated heterocycles. The highest BCUT2D eigenvalue weighted by Gasteiger charge is 2.13. The molecule has 0 spiro atoms. The summed E-state index contributed by atoms with van der Waals surface area (Å²) in [5, 5.41) is 6.43. The summed E-state index contributed by atoms with van der Waals surface area (Å²) in [6.07, 6.45) is 1.71. The topological polar surface area (TPSA) is 98.3 Å². The summed E-state index contributed by atoms with van der Waals surface area (Å²) in [5.41, 5.74) is 2.36. The van der Waals surface area contributed by atoms with Crippen LogP contribution in [0, 0.1) is 0 Å². The van der Waals surface area contributed by atoms with Crippen molar-refractivity contribution in [2.45, 2.75) is 19.9 Å². The zero-order valence-electron chi connectivity index (χ0n) is 16.8. The molecule has 2 heterocycles. The van der Waals surface area contributed by atoms with Gasteiger partial charge in [-0.25, -0.2) is 9.78 Å². The lowest BCUT2D eigenvalue weighted by Crippen LogP contribution is -2.13. The van der Waals surface area contributed by atoms with Crippen molar-refractivity contribution in [3.05, 3.63) is 54.2 Å². The fourth-order valence-electron chi connectivity index (χ4n) is 2.67. The summed E-state index contributed by atoms with van der Waals surface area (Å²) >= 11 is 0. The molecule has 0 aliphatic heterocycles. The van der Waals surface area contributed by atoms with Crippen molar-refractivity contribution in [2.24, 2.45) is 0 Å². The van der Waals surface area contributed by atoms with Crippen LogP contribution in [0.3, 0.4) is 0 Å². The maximum atomic E-state index is 11.9. The van der Waals surface area contributed by atoms with Gasteiger partial charge in [0, 0.05) is 18.3 Å². The molecule has 8 nitrogen and oxygen atoms in total. The third-order valence-electron chi connectivity index (χ3n) is 3.95. The maximum Gasteiger partial charge on any atom is 0.337 e. The van der Waals surface area contributed by atoms with E-state index in [0.717, 1.165) is 5.69 Å². The zero-order valence-corrected chi connectivity index (χ0v) is 16.8. The Morgan fingerprint density at radius 2 is 1.86 bits per heavy atom. The number of hydrogen-bond acceptors (Lipinski definition) is 8. The summed E-state index contributed by atoms with van der Waals surface area (Å²) < 4.78 is 10.2. The molecule has 0 fully saturated rings. The highest BCUT2D eigenvalue weighted by atomic mass is 16.5. The molecule has 0 bridgehead atoms. The third kappa shape index (κ3) is 4.98. The average Bonchev–Trinajstić information content (AvgIpc) is 2.73. The van der Waals surface area contributed by atoms with Crippen molar-refractivity contribution >= 4 is 23.4 Å². The lowest BCUT2D eigenvalue weighted by molar-refractivity contribution is 0.0600. The Morgan fingerprint density at radius 1 is 1.03 bits per heavy atom. The Labute approximate surface area is 169 Å². The standard InChI is InChI=1S/C21H23N5O3/c1-13(2)23-21-25-16(15-7-5-6-10-22-15)12-19(26-21)24-17-11-14(20(27)29-4)8-9-18(17)28-3/h5-13H,1-4H3,(H2,23,24,25,26). The quantitative estimate of drug-likeness (QED) is 0.583. The number of nitrogens with zero attached hydrogens (tertiary/aromatic N) is 3. The van der Waals surface area contributed by atoms with Gasteiger partial charge in [0.25, 0.3) is 0 Å². The third-order valence-corrected chi connectivity index (χ3v) is 3.95. The second kappa shape index (κ2) is 9.01. The molecule has 150 valence electrons. The fourth-order valence-corrected chi connectivity index (χ4v) is 2.67. The van der Waals surface area contributed by atoms with Crippen LogP contribution in [-0.4, -0.2) is 41.2 Å². The molecule has 0 aliphatic rings. The molecular weight excluding hydrogens is 370 g/mol. The number of pyridine rings is 1. The van der Waals surface area contributed by atoms with Crippen molar-refractivity contribution in [2.75, 3.05) is 24.9 Å². The zero-order chi connectivity index (χ0) is 20.8. The van der Waals surface area contributed by atoms with Gasteiger partial charge in [-0.15, -0.1) is 0 Å². The summed E-state index contributed by atoms with van der Waals surface area (Å²) in [6, 6.07) is 12.6. The first-order chi connectivity index (χ1) is 14.0. The van der Waals surface area contributed by atoms with E-state index in [2.05, 4.69) is 25.6 Å². The van der Waals surface area contributed by atoms with Crippen molar-refractivity contribution < 1.29 is 14.3 Å². The average molecular weight is 393 g/mol. The molecule has 1 aromatic carbocycles. The van der Waals surface area contributed by atoms with E-state index in [1.807, 2.05) is 32.0 Å². The molecule has 0 amide bonds. The van der Waals surface area contributed by atoms with Gasteiger partial charge in [-0.1, -0.05) is 6.07 Å². The summed E-state index contributed by atoms with van der Waals surface area (Å²) in [5.74, 6) is 1.13. The van der Waals surface area contributed by atoms with Crippen LogP contribution < -0.4 is 15.4 Å². The number of carbonyl (C=O) groups is 1. The number of aromatic nitrogens is 3. The summed E-state index contributed by atoms with van der Waals surface area (Å²) in [4.78, 5) is 25.4. The van der Waals surface area contributed by atoms with Gasteiger partial charge < -0.3 is 20.1 Å². The normalized spacial score (nSPS) is 10.5. The van der Waals surface area contributed by atoms with Crippen molar-refractivity contribution in [1.29, 1.82) is 0 Å².